The lowest BCUT2D eigenvalue weighted by atomic mass is 10.1. The van der Waals surface area contributed by atoms with E-state index in [0.29, 0.717) is 13.1 Å². The molecule has 0 aliphatic carbocycles. The van der Waals surface area contributed by atoms with Crippen LogP contribution in [0.2, 0.25) is 0 Å². The van der Waals surface area contributed by atoms with Gasteiger partial charge >= 0.3 is 6.09 Å². The van der Waals surface area contributed by atoms with Gasteiger partial charge in [0.05, 0.1) is 6.04 Å². The van der Waals surface area contributed by atoms with Crippen LogP contribution in [0.1, 0.15) is 27.7 Å². The molecule has 0 aromatic heterocycles. The molecule has 2 N–H and O–H groups in total. The molecule has 0 aromatic carbocycles. The minimum Gasteiger partial charge on any atom is -0.444 e. The van der Waals surface area contributed by atoms with Crippen molar-refractivity contribution in [2.75, 3.05) is 26.7 Å². The van der Waals surface area contributed by atoms with Crippen molar-refractivity contribution in [1.29, 1.82) is 0 Å². The van der Waals surface area contributed by atoms with Crippen molar-refractivity contribution >= 4 is 12.1 Å². The molecule has 104 valence electrons. The van der Waals surface area contributed by atoms with Gasteiger partial charge in [-0.25, -0.2) is 4.79 Å². The topological polar surface area (TPSA) is 66.0 Å². The van der Waals surface area contributed by atoms with Crippen molar-refractivity contribution < 1.29 is 9.53 Å². The van der Waals surface area contributed by atoms with Crippen LogP contribution in [0.25, 0.3) is 0 Å². The average Bonchev–Trinajstić information content (AvgIpc) is 2.18. The summed E-state index contributed by atoms with van der Waals surface area (Å²) in [6.45, 7) is 9.75. The largest absolute Gasteiger partial charge is 0.444 e. The van der Waals surface area contributed by atoms with Crippen molar-refractivity contribution in [3.63, 3.8) is 0 Å². The van der Waals surface area contributed by atoms with E-state index < -0.39 is 5.60 Å². The molecule has 1 fully saturated rings. The molecule has 0 radical (unpaired) electrons. The molecule has 0 unspecified atom stereocenters. The molecule has 6 heteroatoms. The van der Waals surface area contributed by atoms with Crippen molar-refractivity contribution in [2.45, 2.75) is 39.3 Å². The Labute approximate surface area is 109 Å². The van der Waals surface area contributed by atoms with E-state index in [-0.39, 0.29) is 12.1 Å². The van der Waals surface area contributed by atoms with Crippen LogP contribution in [0.5, 0.6) is 0 Å². The summed E-state index contributed by atoms with van der Waals surface area (Å²) in [5, 5.41) is 6.36. The van der Waals surface area contributed by atoms with Crippen molar-refractivity contribution in [2.24, 2.45) is 4.99 Å². The van der Waals surface area contributed by atoms with Gasteiger partial charge in [-0.1, -0.05) is 0 Å². The maximum atomic E-state index is 11.7. The van der Waals surface area contributed by atoms with Gasteiger partial charge in [0.1, 0.15) is 5.60 Å². The summed E-state index contributed by atoms with van der Waals surface area (Å²) in [5.41, 5.74) is -0.435. The highest BCUT2D eigenvalue weighted by molar-refractivity contribution is 5.80. The molecule has 1 heterocycles. The lowest BCUT2D eigenvalue weighted by molar-refractivity contribution is 0.00701. The number of carbonyl (C=O) groups is 1. The van der Waals surface area contributed by atoms with E-state index in [1.165, 1.54) is 0 Å². The predicted octanol–water partition coefficient (Wildman–Crippen LogP) is 0.791. The van der Waals surface area contributed by atoms with Gasteiger partial charge < -0.3 is 20.3 Å². The summed E-state index contributed by atoms with van der Waals surface area (Å²) in [7, 11) is 1.73. The Morgan fingerprint density at radius 2 is 2.06 bits per heavy atom. The third-order valence-electron chi connectivity index (χ3n) is 2.44. The molecular formula is C12H24N4O2. The van der Waals surface area contributed by atoms with Crippen LogP contribution in [-0.2, 0) is 4.74 Å². The molecule has 0 bridgehead atoms. The van der Waals surface area contributed by atoms with E-state index in [2.05, 4.69) is 15.6 Å². The number of hydrogen-bond acceptors (Lipinski definition) is 3. The number of nitrogens with zero attached hydrogens (tertiary/aromatic N) is 2. The molecule has 1 saturated heterocycles. The molecule has 6 nitrogen and oxygen atoms in total. The van der Waals surface area contributed by atoms with Crippen LogP contribution in [0.4, 0.5) is 4.79 Å². The number of ether oxygens (including phenoxy) is 1. The zero-order valence-corrected chi connectivity index (χ0v) is 11.9. The quantitative estimate of drug-likeness (QED) is 0.566. The maximum Gasteiger partial charge on any atom is 0.410 e. The molecule has 1 amide bonds. The van der Waals surface area contributed by atoms with Crippen molar-refractivity contribution in [3.05, 3.63) is 0 Å². The van der Waals surface area contributed by atoms with E-state index in [9.17, 15) is 4.79 Å². The van der Waals surface area contributed by atoms with Crippen molar-refractivity contribution in [1.82, 2.24) is 15.5 Å². The van der Waals surface area contributed by atoms with Crippen molar-refractivity contribution in [3.8, 4) is 0 Å². The number of likely N-dealkylation sites (tertiary alicyclic amines) is 1. The second-order valence-corrected chi connectivity index (χ2v) is 5.33. The number of carbonyl (C=O) groups excluding carboxylic acids is 1. The first kappa shape index (κ1) is 14.6. The predicted molar refractivity (Wildman–Crippen MR) is 71.8 cm³/mol. The highest BCUT2D eigenvalue weighted by atomic mass is 16.6. The molecule has 0 saturated carbocycles. The standard InChI is InChI=1S/C12H24N4O2/c1-6-14-10(13-5)15-9-7-16(8-9)11(17)18-12(2,3)4/h9H,6-8H2,1-5H3,(H2,13,14,15). The third kappa shape index (κ3) is 4.43. The van der Waals surface area contributed by atoms with Crippen LogP contribution in [0, 0.1) is 0 Å². The summed E-state index contributed by atoms with van der Waals surface area (Å²) < 4.78 is 5.28. The van der Waals surface area contributed by atoms with Crippen LogP contribution in [-0.4, -0.2) is 55.3 Å². The summed E-state index contributed by atoms with van der Waals surface area (Å²) in [6.07, 6.45) is -0.251. The fourth-order valence-electron chi connectivity index (χ4n) is 1.60. The Kier molecular flexibility index (Phi) is 4.81. The van der Waals surface area contributed by atoms with E-state index in [1.54, 1.807) is 11.9 Å². The van der Waals surface area contributed by atoms with Gasteiger partial charge in [-0.15, -0.1) is 0 Å². The third-order valence-corrected chi connectivity index (χ3v) is 2.44. The Morgan fingerprint density at radius 3 is 2.50 bits per heavy atom. The molecule has 18 heavy (non-hydrogen) atoms. The molecular weight excluding hydrogens is 232 g/mol. The normalized spacial score (nSPS) is 17.2. The Morgan fingerprint density at radius 1 is 1.44 bits per heavy atom. The number of amides is 1. The summed E-state index contributed by atoms with van der Waals surface area (Å²) in [5.74, 6) is 0.770. The van der Waals surface area contributed by atoms with Gasteiger partial charge in [0.25, 0.3) is 0 Å². The Balaban J connectivity index is 2.29. The smallest absolute Gasteiger partial charge is 0.410 e. The highest BCUT2D eigenvalue weighted by Gasteiger charge is 2.33. The van der Waals surface area contributed by atoms with Gasteiger partial charge in [-0.2, -0.15) is 0 Å². The Hall–Kier alpha value is -1.46. The zero-order valence-electron chi connectivity index (χ0n) is 11.9. The first-order valence-corrected chi connectivity index (χ1v) is 6.31. The molecule has 0 spiro atoms. The van der Waals surface area contributed by atoms with Gasteiger partial charge in [-0.3, -0.25) is 4.99 Å². The molecule has 1 rings (SSSR count). The summed E-state index contributed by atoms with van der Waals surface area (Å²) in [4.78, 5) is 17.5. The van der Waals surface area contributed by atoms with Crippen LogP contribution in [0.3, 0.4) is 0 Å². The number of rotatable bonds is 2. The van der Waals surface area contributed by atoms with E-state index in [1.807, 2.05) is 27.7 Å². The summed E-state index contributed by atoms with van der Waals surface area (Å²) in [6, 6.07) is 0.246. The first-order chi connectivity index (χ1) is 8.35. The van der Waals surface area contributed by atoms with Gasteiger partial charge in [0, 0.05) is 26.7 Å². The average molecular weight is 256 g/mol. The van der Waals surface area contributed by atoms with Gasteiger partial charge in [-0.05, 0) is 27.7 Å². The lowest BCUT2D eigenvalue weighted by Gasteiger charge is -2.40. The minimum absolute atomic E-state index is 0.246. The van der Waals surface area contributed by atoms with E-state index in [0.717, 1.165) is 12.5 Å². The fraction of sp³-hybridized carbons (Fsp3) is 0.833. The lowest BCUT2D eigenvalue weighted by Crippen LogP contribution is -2.63. The van der Waals surface area contributed by atoms with Crippen LogP contribution < -0.4 is 10.6 Å². The van der Waals surface area contributed by atoms with Gasteiger partial charge in [0.15, 0.2) is 5.96 Å². The number of hydrogen-bond donors (Lipinski definition) is 2. The Bertz CT molecular complexity index is 317. The first-order valence-electron chi connectivity index (χ1n) is 6.31. The molecule has 0 aromatic rings. The number of guanidine groups is 1. The summed E-state index contributed by atoms with van der Waals surface area (Å²) >= 11 is 0. The molecule has 1 aliphatic heterocycles. The van der Waals surface area contributed by atoms with E-state index >= 15 is 0 Å². The van der Waals surface area contributed by atoms with E-state index in [4.69, 9.17) is 4.74 Å². The maximum absolute atomic E-state index is 11.7. The van der Waals surface area contributed by atoms with Crippen LogP contribution in [0.15, 0.2) is 4.99 Å². The molecule has 1 aliphatic rings. The monoisotopic (exact) mass is 256 g/mol. The minimum atomic E-state index is -0.435. The zero-order chi connectivity index (χ0) is 13.8. The fourth-order valence-corrected chi connectivity index (χ4v) is 1.60. The second kappa shape index (κ2) is 5.93. The molecule has 0 atom stereocenters. The highest BCUT2D eigenvalue weighted by Crippen LogP contribution is 2.14. The number of aliphatic imine (C=N–C) groups is 1. The number of nitrogens with one attached hydrogen (secondary N) is 2. The van der Waals surface area contributed by atoms with Gasteiger partial charge in [0.2, 0.25) is 0 Å². The van der Waals surface area contributed by atoms with Crippen LogP contribution >= 0.6 is 0 Å². The SMILES string of the molecule is CCNC(=NC)NC1CN(C(=O)OC(C)(C)C)C1. The second-order valence-electron chi connectivity index (χ2n) is 5.33.